The van der Waals surface area contributed by atoms with Crippen LogP contribution in [0.2, 0.25) is 0 Å². The molecular weight excluding hydrogens is 385 g/mol. The molecule has 0 atom stereocenters. The van der Waals surface area contributed by atoms with E-state index < -0.39 is 18.8 Å². The fourth-order valence-corrected chi connectivity index (χ4v) is 2.65. The first-order chi connectivity index (χ1) is 12.3. The number of aliphatic hydroxyl groups excluding tert-OH is 1. The Morgan fingerprint density at radius 1 is 0.741 bits per heavy atom. The molecule has 0 heterocycles. The van der Waals surface area contributed by atoms with Gasteiger partial charge >= 0.3 is 49.9 Å². The van der Waals surface area contributed by atoms with Gasteiger partial charge in [-0.15, -0.1) is 0 Å². The summed E-state index contributed by atoms with van der Waals surface area (Å²) in [6.45, 7) is 0.541. The van der Waals surface area contributed by atoms with Crippen molar-refractivity contribution in [3.63, 3.8) is 0 Å². The number of hydrogen-bond donors (Lipinski definition) is 2. The summed E-state index contributed by atoms with van der Waals surface area (Å²) in [5.41, 5.74) is 0. The number of halogens is 3. The van der Waals surface area contributed by atoms with Crippen LogP contribution < -0.4 is 0 Å². The number of carbonyl (C=O) groups is 1. The van der Waals surface area contributed by atoms with Crippen molar-refractivity contribution in [2.24, 2.45) is 0 Å². The molecule has 7 heteroatoms. The van der Waals surface area contributed by atoms with Crippen LogP contribution in [-0.4, -0.2) is 66.7 Å². The molecule has 0 unspecified atom stereocenters. The van der Waals surface area contributed by atoms with Crippen LogP contribution in [0, 0.1) is 0 Å². The van der Waals surface area contributed by atoms with Gasteiger partial charge in [-0.2, -0.15) is 13.2 Å². The number of aliphatic hydroxyl groups is 1. The maximum Gasteiger partial charge on any atom is 2.00 e. The monoisotopic (exact) mass is 426 g/mol. The molecule has 0 aliphatic rings. The van der Waals surface area contributed by atoms with Gasteiger partial charge in [-0.05, 0) is 6.42 Å². The van der Waals surface area contributed by atoms with Gasteiger partial charge in [-0.25, -0.2) is 0 Å². The van der Waals surface area contributed by atoms with E-state index in [0.717, 1.165) is 12.8 Å². The first kappa shape index (κ1) is 32.2. The molecule has 0 bridgehead atoms. The summed E-state index contributed by atoms with van der Waals surface area (Å²) >= 11 is 0. The standard InChI is InChI=1S/C18H36O2.C2H3F3O.Ca.2H/c1-2-3-4-5-6-7-8-9-10-11-12-13-14-15-16-17-18(19)20;3-2(4,5)1-6;;;/h2-17H2,1H3,(H,19,20);6H,1H2;;;/q;;+2;2*-1. The Labute approximate surface area is 196 Å². The third-order valence-corrected chi connectivity index (χ3v) is 4.17. The van der Waals surface area contributed by atoms with Gasteiger partial charge in [0.1, 0.15) is 6.61 Å². The number of carboxylic acid groups (broad SMARTS) is 1. The van der Waals surface area contributed by atoms with E-state index in [1.54, 1.807) is 0 Å². The Bertz CT molecular complexity index is 311. The smallest absolute Gasteiger partial charge is 1.00 e. The summed E-state index contributed by atoms with van der Waals surface area (Å²) in [5.74, 6) is -0.653. The van der Waals surface area contributed by atoms with E-state index in [2.05, 4.69) is 6.92 Å². The van der Waals surface area contributed by atoms with Crippen LogP contribution in [-0.2, 0) is 4.79 Å². The van der Waals surface area contributed by atoms with Crippen molar-refractivity contribution in [1.29, 1.82) is 0 Å². The zero-order chi connectivity index (χ0) is 20.1. The third kappa shape index (κ3) is 37.8. The van der Waals surface area contributed by atoms with Gasteiger partial charge in [0.25, 0.3) is 0 Å². The van der Waals surface area contributed by atoms with E-state index in [4.69, 9.17) is 10.2 Å². The molecule has 0 fully saturated rings. The maximum atomic E-state index is 10.5. The van der Waals surface area contributed by atoms with Crippen LogP contribution in [0.5, 0.6) is 0 Å². The Morgan fingerprint density at radius 3 is 1.22 bits per heavy atom. The third-order valence-electron chi connectivity index (χ3n) is 4.17. The predicted octanol–water partition coefficient (Wildman–Crippen LogP) is 6.72. The molecule has 0 aliphatic heterocycles. The molecule has 27 heavy (non-hydrogen) atoms. The molecule has 3 nitrogen and oxygen atoms in total. The van der Waals surface area contributed by atoms with Gasteiger partial charge in [-0.3, -0.25) is 4.79 Å². The second-order valence-corrected chi connectivity index (χ2v) is 6.87. The molecule has 0 radical (unpaired) electrons. The topological polar surface area (TPSA) is 57.5 Å². The van der Waals surface area contributed by atoms with Crippen LogP contribution >= 0.6 is 0 Å². The van der Waals surface area contributed by atoms with E-state index in [-0.39, 0.29) is 40.6 Å². The van der Waals surface area contributed by atoms with Gasteiger partial charge < -0.3 is 13.1 Å². The largest absolute Gasteiger partial charge is 2.00 e. The Balaban J connectivity index is -0.000000186. The van der Waals surface area contributed by atoms with E-state index >= 15 is 0 Å². The zero-order valence-corrected chi connectivity index (χ0v) is 19.4. The Kier molecular flexibility index (Phi) is 29.2. The van der Waals surface area contributed by atoms with Gasteiger partial charge in [0.2, 0.25) is 0 Å². The SMILES string of the molecule is CCCCCCCCCCCCCCCCCC(=O)O.OCC(F)(F)F.[Ca+2].[H-].[H-]. The van der Waals surface area contributed by atoms with E-state index in [1.807, 2.05) is 0 Å². The average molecular weight is 427 g/mol. The van der Waals surface area contributed by atoms with Gasteiger partial charge in [0, 0.05) is 6.42 Å². The predicted molar refractivity (Wildman–Crippen MR) is 108 cm³/mol. The molecule has 0 saturated carbocycles. The molecular formula is C20H41CaF3O3. The number of unbranched alkanes of at least 4 members (excludes halogenated alkanes) is 14. The number of rotatable bonds is 16. The summed E-state index contributed by atoms with van der Waals surface area (Å²) in [5, 5.41) is 15.8. The molecule has 0 rings (SSSR count). The fourth-order valence-electron chi connectivity index (χ4n) is 2.65. The minimum Gasteiger partial charge on any atom is -1.00 e. The van der Waals surface area contributed by atoms with E-state index in [0.29, 0.717) is 6.42 Å². The molecule has 0 aliphatic carbocycles. The molecule has 0 aromatic heterocycles. The Hall–Kier alpha value is 0.480. The fraction of sp³-hybridized carbons (Fsp3) is 0.950. The van der Waals surface area contributed by atoms with Crippen LogP contribution in [0.25, 0.3) is 0 Å². The van der Waals surface area contributed by atoms with Gasteiger partial charge in [0.05, 0.1) is 0 Å². The number of carboxylic acids is 1. The summed E-state index contributed by atoms with van der Waals surface area (Å²) in [4.78, 5) is 10.3. The Morgan fingerprint density at radius 2 is 1.00 bits per heavy atom. The van der Waals surface area contributed by atoms with Crippen LogP contribution in [0.15, 0.2) is 0 Å². The summed E-state index contributed by atoms with van der Waals surface area (Å²) < 4.78 is 31.6. The first-order valence-corrected chi connectivity index (χ1v) is 10.2. The minimum atomic E-state index is -4.40. The molecule has 0 amide bonds. The van der Waals surface area contributed by atoms with Crippen molar-refractivity contribution in [2.45, 2.75) is 116 Å². The maximum absolute atomic E-state index is 10.5. The molecule has 162 valence electrons. The van der Waals surface area contributed by atoms with Gasteiger partial charge in [-0.1, -0.05) is 96.8 Å². The summed E-state index contributed by atoms with van der Waals surface area (Å²) in [6, 6.07) is 0. The van der Waals surface area contributed by atoms with Crippen molar-refractivity contribution in [3.8, 4) is 0 Å². The number of hydrogen-bond acceptors (Lipinski definition) is 2. The van der Waals surface area contributed by atoms with Crippen LogP contribution in [0.4, 0.5) is 13.2 Å². The first-order valence-electron chi connectivity index (χ1n) is 10.2. The van der Waals surface area contributed by atoms with E-state index in [9.17, 15) is 18.0 Å². The second-order valence-electron chi connectivity index (χ2n) is 6.87. The van der Waals surface area contributed by atoms with Crippen LogP contribution in [0.3, 0.4) is 0 Å². The second kappa shape index (κ2) is 24.5. The normalized spacial score (nSPS) is 10.7. The number of aliphatic carboxylic acids is 1. The molecule has 2 N–H and O–H groups in total. The van der Waals surface area contributed by atoms with Crippen molar-refractivity contribution in [3.05, 3.63) is 0 Å². The molecule has 0 aromatic rings. The summed E-state index contributed by atoms with van der Waals surface area (Å²) in [6.07, 6.45) is 15.8. The van der Waals surface area contributed by atoms with Gasteiger partial charge in [0.15, 0.2) is 0 Å². The average Bonchev–Trinajstić information content (AvgIpc) is 2.58. The molecule has 0 spiro atoms. The van der Waals surface area contributed by atoms with Crippen molar-refractivity contribution in [1.82, 2.24) is 0 Å². The van der Waals surface area contributed by atoms with Crippen molar-refractivity contribution >= 4 is 43.7 Å². The van der Waals surface area contributed by atoms with Crippen LogP contribution in [0.1, 0.15) is 113 Å². The zero-order valence-electron chi connectivity index (χ0n) is 19.2. The number of alkyl halides is 3. The molecule has 0 aromatic carbocycles. The van der Waals surface area contributed by atoms with Crippen molar-refractivity contribution < 1.29 is 31.0 Å². The van der Waals surface area contributed by atoms with E-state index in [1.165, 1.54) is 83.5 Å². The molecule has 0 saturated heterocycles. The minimum absolute atomic E-state index is 0. The van der Waals surface area contributed by atoms with Crippen molar-refractivity contribution in [2.75, 3.05) is 6.61 Å². The summed E-state index contributed by atoms with van der Waals surface area (Å²) in [7, 11) is 0. The quantitative estimate of drug-likeness (QED) is 0.213.